The maximum absolute atomic E-state index is 6.13. The van der Waals surface area contributed by atoms with Crippen molar-refractivity contribution in [2.24, 2.45) is 0 Å². The van der Waals surface area contributed by atoms with Gasteiger partial charge in [0.25, 0.3) is 0 Å². The maximum Gasteiger partial charge on any atom is 0.137 e. The van der Waals surface area contributed by atoms with Crippen LogP contribution in [0.2, 0.25) is 5.02 Å². The lowest BCUT2D eigenvalue weighted by Gasteiger charge is -2.32. The van der Waals surface area contributed by atoms with Crippen LogP contribution in [0.15, 0.2) is 54.6 Å². The standard InChI is InChI=1S/C24H28ClN3O3/c1-29-20-8-6-18(7-9-20)10-12-28-13-15-31-24(17-28)22-16-19(26-27-22)11-14-30-23-5-3-2-4-21(23)25/h2-9,16,24H,10-15,17H2,1H3,(H,26,27)/t24-/m1/s1. The van der Waals surface area contributed by atoms with Crippen molar-refractivity contribution in [2.75, 3.05) is 40.0 Å². The average Bonchev–Trinajstić information content (AvgIpc) is 3.28. The first kappa shape index (κ1) is 21.7. The molecule has 1 atom stereocenters. The summed E-state index contributed by atoms with van der Waals surface area (Å²) >= 11 is 6.13. The molecule has 0 amide bonds. The molecule has 1 saturated heterocycles. The maximum atomic E-state index is 6.13. The number of nitrogens with zero attached hydrogens (tertiary/aromatic N) is 2. The van der Waals surface area contributed by atoms with Crippen LogP contribution in [0.1, 0.15) is 23.1 Å². The minimum absolute atomic E-state index is 0.0147. The number of nitrogens with one attached hydrogen (secondary N) is 1. The van der Waals surface area contributed by atoms with Crippen LogP contribution >= 0.6 is 11.6 Å². The zero-order valence-corrected chi connectivity index (χ0v) is 18.5. The van der Waals surface area contributed by atoms with Crippen molar-refractivity contribution in [1.82, 2.24) is 15.1 Å². The first-order valence-corrected chi connectivity index (χ1v) is 11.0. The van der Waals surface area contributed by atoms with Crippen molar-refractivity contribution in [3.8, 4) is 11.5 Å². The molecule has 1 fully saturated rings. The number of para-hydroxylation sites is 1. The number of benzene rings is 2. The highest BCUT2D eigenvalue weighted by molar-refractivity contribution is 6.32. The number of methoxy groups -OCH3 is 1. The molecule has 7 heteroatoms. The second-order valence-corrected chi connectivity index (χ2v) is 8.01. The van der Waals surface area contributed by atoms with Gasteiger partial charge < -0.3 is 14.2 Å². The van der Waals surface area contributed by atoms with E-state index in [1.165, 1.54) is 5.56 Å². The Morgan fingerprint density at radius 2 is 2.00 bits per heavy atom. The first-order valence-electron chi connectivity index (χ1n) is 10.6. The van der Waals surface area contributed by atoms with Crippen LogP contribution in [0.4, 0.5) is 0 Å². The van der Waals surface area contributed by atoms with E-state index in [9.17, 15) is 0 Å². The Labute approximate surface area is 188 Å². The van der Waals surface area contributed by atoms with E-state index in [2.05, 4.69) is 33.3 Å². The number of hydrogen-bond donors (Lipinski definition) is 1. The second-order valence-electron chi connectivity index (χ2n) is 7.61. The Bertz CT molecular complexity index is 961. The zero-order chi connectivity index (χ0) is 21.5. The van der Waals surface area contributed by atoms with Gasteiger partial charge in [-0.3, -0.25) is 10.00 Å². The van der Waals surface area contributed by atoms with Gasteiger partial charge >= 0.3 is 0 Å². The predicted octanol–water partition coefficient (Wildman–Crippen LogP) is 4.31. The third kappa shape index (κ3) is 6.00. The fourth-order valence-corrected chi connectivity index (χ4v) is 3.86. The van der Waals surface area contributed by atoms with Gasteiger partial charge in [0.2, 0.25) is 0 Å². The van der Waals surface area contributed by atoms with Gasteiger partial charge in [-0.1, -0.05) is 35.9 Å². The highest BCUT2D eigenvalue weighted by Crippen LogP contribution is 2.24. The smallest absolute Gasteiger partial charge is 0.137 e. The van der Waals surface area contributed by atoms with Crippen LogP contribution in [0.3, 0.4) is 0 Å². The lowest BCUT2D eigenvalue weighted by molar-refractivity contribution is -0.0316. The van der Waals surface area contributed by atoms with E-state index in [1.54, 1.807) is 7.11 Å². The number of morpholine rings is 1. The highest BCUT2D eigenvalue weighted by atomic mass is 35.5. The second kappa shape index (κ2) is 10.7. The van der Waals surface area contributed by atoms with Crippen LogP contribution < -0.4 is 9.47 Å². The Morgan fingerprint density at radius 3 is 2.81 bits per heavy atom. The minimum atomic E-state index is -0.0147. The third-order valence-corrected chi connectivity index (χ3v) is 5.78. The van der Waals surface area contributed by atoms with Crippen LogP contribution in [-0.2, 0) is 17.6 Å². The largest absolute Gasteiger partial charge is 0.497 e. The molecule has 0 spiro atoms. The molecule has 164 valence electrons. The van der Waals surface area contributed by atoms with Crippen molar-refractivity contribution in [3.63, 3.8) is 0 Å². The molecule has 3 aromatic rings. The molecule has 1 aromatic heterocycles. The molecule has 0 bridgehead atoms. The number of H-pyrrole nitrogens is 1. The molecule has 0 radical (unpaired) electrons. The Hall–Kier alpha value is -2.54. The van der Waals surface area contributed by atoms with Crippen molar-refractivity contribution in [3.05, 3.63) is 76.6 Å². The number of rotatable bonds is 9. The van der Waals surface area contributed by atoms with Gasteiger partial charge in [0.15, 0.2) is 0 Å². The lowest BCUT2D eigenvalue weighted by Crippen LogP contribution is -2.39. The topological polar surface area (TPSA) is 59.6 Å². The molecular weight excluding hydrogens is 414 g/mol. The Morgan fingerprint density at radius 1 is 1.16 bits per heavy atom. The summed E-state index contributed by atoms with van der Waals surface area (Å²) in [5.74, 6) is 1.59. The lowest BCUT2D eigenvalue weighted by atomic mass is 10.1. The van der Waals surface area contributed by atoms with Gasteiger partial charge in [0.05, 0.1) is 31.0 Å². The molecule has 2 heterocycles. The third-order valence-electron chi connectivity index (χ3n) is 5.47. The van der Waals surface area contributed by atoms with Crippen molar-refractivity contribution < 1.29 is 14.2 Å². The fourth-order valence-electron chi connectivity index (χ4n) is 3.67. The summed E-state index contributed by atoms with van der Waals surface area (Å²) in [6.07, 6.45) is 1.72. The molecule has 0 unspecified atom stereocenters. The number of ether oxygens (including phenoxy) is 3. The van der Waals surface area contributed by atoms with Gasteiger partial charge in [-0.05, 0) is 42.3 Å². The van der Waals surface area contributed by atoms with Gasteiger partial charge in [0.1, 0.15) is 17.6 Å². The minimum Gasteiger partial charge on any atom is -0.497 e. The van der Waals surface area contributed by atoms with E-state index in [-0.39, 0.29) is 6.10 Å². The molecule has 6 nitrogen and oxygen atoms in total. The van der Waals surface area contributed by atoms with E-state index in [0.717, 1.165) is 49.6 Å². The van der Waals surface area contributed by atoms with Gasteiger partial charge in [-0.2, -0.15) is 5.10 Å². The van der Waals surface area contributed by atoms with Crippen molar-refractivity contribution in [2.45, 2.75) is 18.9 Å². The molecule has 2 aromatic carbocycles. The Kier molecular flexibility index (Phi) is 7.46. The molecule has 0 aliphatic carbocycles. The summed E-state index contributed by atoms with van der Waals surface area (Å²) in [5, 5.41) is 8.22. The van der Waals surface area contributed by atoms with E-state index in [1.807, 2.05) is 36.4 Å². The van der Waals surface area contributed by atoms with Crippen LogP contribution in [0.25, 0.3) is 0 Å². The monoisotopic (exact) mass is 441 g/mol. The summed E-state index contributed by atoms with van der Waals surface area (Å²) in [7, 11) is 1.69. The molecule has 1 aliphatic heterocycles. The molecule has 31 heavy (non-hydrogen) atoms. The van der Waals surface area contributed by atoms with E-state index >= 15 is 0 Å². The quantitative estimate of drug-likeness (QED) is 0.536. The normalized spacial score (nSPS) is 16.9. The fraction of sp³-hybridized carbons (Fsp3) is 0.375. The predicted molar refractivity (Wildman–Crippen MR) is 121 cm³/mol. The van der Waals surface area contributed by atoms with E-state index in [4.69, 9.17) is 25.8 Å². The molecule has 1 aliphatic rings. The summed E-state index contributed by atoms with van der Waals surface area (Å²) in [5.41, 5.74) is 3.28. The SMILES string of the molecule is COc1ccc(CCN2CCO[C@@H](c3cc(CCOc4ccccc4Cl)[nH]n3)C2)cc1. The molecule has 1 N–H and O–H groups in total. The molecule has 0 saturated carbocycles. The van der Waals surface area contributed by atoms with Crippen LogP contribution in [0.5, 0.6) is 11.5 Å². The summed E-state index contributed by atoms with van der Waals surface area (Å²) in [6.45, 7) is 4.03. The van der Waals surface area contributed by atoms with Gasteiger partial charge in [0, 0.05) is 31.7 Å². The number of aromatic amines is 1. The van der Waals surface area contributed by atoms with Crippen LogP contribution in [-0.4, -0.2) is 55.1 Å². The van der Waals surface area contributed by atoms with Crippen molar-refractivity contribution in [1.29, 1.82) is 0 Å². The highest BCUT2D eigenvalue weighted by Gasteiger charge is 2.24. The average molecular weight is 442 g/mol. The summed E-state index contributed by atoms with van der Waals surface area (Å²) in [4.78, 5) is 2.44. The van der Waals surface area contributed by atoms with Gasteiger partial charge in [-0.25, -0.2) is 0 Å². The molecule has 4 rings (SSSR count). The van der Waals surface area contributed by atoms with Crippen LogP contribution in [0, 0.1) is 0 Å². The summed E-state index contributed by atoms with van der Waals surface area (Å²) in [6, 6.07) is 17.9. The number of aromatic nitrogens is 2. The van der Waals surface area contributed by atoms with E-state index < -0.39 is 0 Å². The molecular formula is C24H28ClN3O3. The van der Waals surface area contributed by atoms with Crippen molar-refractivity contribution >= 4 is 11.6 Å². The van der Waals surface area contributed by atoms with E-state index in [0.29, 0.717) is 24.0 Å². The summed E-state index contributed by atoms with van der Waals surface area (Å²) < 4.78 is 17.0. The Balaban J connectivity index is 1.25. The number of hydrogen-bond acceptors (Lipinski definition) is 5. The zero-order valence-electron chi connectivity index (χ0n) is 17.7. The van der Waals surface area contributed by atoms with Gasteiger partial charge in [-0.15, -0.1) is 0 Å². The number of halogens is 1. The first-order chi connectivity index (χ1) is 15.2.